The fourth-order valence-corrected chi connectivity index (χ4v) is 2.34. The van der Waals surface area contributed by atoms with E-state index in [0.717, 1.165) is 23.3 Å². The fourth-order valence-electron chi connectivity index (χ4n) is 2.34. The van der Waals surface area contributed by atoms with Gasteiger partial charge in [0.05, 0.1) is 19.2 Å². The third-order valence-corrected chi connectivity index (χ3v) is 3.77. The molecule has 2 rings (SSSR count). The largest absolute Gasteiger partial charge is 0.489 e. The van der Waals surface area contributed by atoms with E-state index in [-0.39, 0.29) is 18.9 Å². The van der Waals surface area contributed by atoms with Crippen LogP contribution in [0.5, 0.6) is 5.75 Å². The van der Waals surface area contributed by atoms with E-state index in [1.54, 1.807) is 0 Å². The zero-order valence-electron chi connectivity index (χ0n) is 15.5. The van der Waals surface area contributed by atoms with Crippen molar-refractivity contribution in [2.45, 2.75) is 20.0 Å². The summed E-state index contributed by atoms with van der Waals surface area (Å²) in [5, 5.41) is 16.4. The molecule has 2 aromatic carbocycles. The Kier molecular flexibility index (Phi) is 8.00. The third kappa shape index (κ3) is 6.86. The number of rotatable bonds is 8. The molecule has 0 aliphatic carbocycles. The summed E-state index contributed by atoms with van der Waals surface area (Å²) in [7, 11) is 0. The number of aliphatic hydroxyl groups excluding tert-OH is 1. The second-order valence-electron chi connectivity index (χ2n) is 6.00. The molecular weight excluding hydrogens is 352 g/mol. The third-order valence-electron chi connectivity index (χ3n) is 3.77. The van der Waals surface area contributed by atoms with Crippen LogP contribution in [-0.4, -0.2) is 37.3 Å². The van der Waals surface area contributed by atoms with Gasteiger partial charge in [0.2, 0.25) is 0 Å². The minimum atomic E-state index is -0.739. The molecule has 0 fully saturated rings. The van der Waals surface area contributed by atoms with E-state index in [1.165, 1.54) is 6.07 Å². The summed E-state index contributed by atoms with van der Waals surface area (Å²) in [6, 6.07) is 10.8. The van der Waals surface area contributed by atoms with Gasteiger partial charge in [0.1, 0.15) is 12.4 Å². The van der Waals surface area contributed by atoms with Crippen molar-refractivity contribution in [2.75, 3.05) is 26.2 Å². The van der Waals surface area contributed by atoms with Gasteiger partial charge in [0.25, 0.3) is 0 Å². The van der Waals surface area contributed by atoms with Crippen molar-refractivity contribution < 1.29 is 18.6 Å². The number of aliphatic imine (C=N–C) groups is 1. The lowest BCUT2D eigenvalue weighted by molar-refractivity contribution is 0.187. The summed E-state index contributed by atoms with van der Waals surface area (Å²) in [5.41, 5.74) is 1.93. The lowest BCUT2D eigenvalue weighted by Crippen LogP contribution is -2.39. The molecule has 2 aromatic rings. The Morgan fingerprint density at radius 1 is 1.15 bits per heavy atom. The van der Waals surface area contributed by atoms with E-state index in [2.05, 4.69) is 15.6 Å². The van der Waals surface area contributed by atoms with Crippen LogP contribution in [0, 0.1) is 18.6 Å². The number of nitrogens with zero attached hydrogens (tertiary/aromatic N) is 1. The molecule has 0 bridgehead atoms. The van der Waals surface area contributed by atoms with Crippen LogP contribution in [0.15, 0.2) is 47.5 Å². The lowest BCUT2D eigenvalue weighted by atomic mass is 10.1. The number of guanidine groups is 1. The van der Waals surface area contributed by atoms with E-state index < -0.39 is 17.7 Å². The van der Waals surface area contributed by atoms with Gasteiger partial charge in [0, 0.05) is 12.6 Å². The van der Waals surface area contributed by atoms with Crippen LogP contribution >= 0.6 is 0 Å². The molecule has 0 aliphatic heterocycles. The highest BCUT2D eigenvalue weighted by atomic mass is 19.1. The first-order valence-electron chi connectivity index (χ1n) is 8.84. The van der Waals surface area contributed by atoms with Crippen LogP contribution in [0.1, 0.15) is 24.2 Å². The number of hydrogen-bond donors (Lipinski definition) is 3. The van der Waals surface area contributed by atoms with Gasteiger partial charge in [-0.3, -0.25) is 4.99 Å². The number of benzene rings is 2. The van der Waals surface area contributed by atoms with Gasteiger partial charge in [-0.1, -0.05) is 29.8 Å². The highest BCUT2D eigenvalue weighted by Gasteiger charge is 2.08. The van der Waals surface area contributed by atoms with Gasteiger partial charge < -0.3 is 20.5 Å². The molecule has 7 heteroatoms. The van der Waals surface area contributed by atoms with Crippen molar-refractivity contribution in [3.8, 4) is 5.75 Å². The first kappa shape index (κ1) is 20.6. The Morgan fingerprint density at radius 3 is 2.56 bits per heavy atom. The van der Waals surface area contributed by atoms with Crippen molar-refractivity contribution in [3.05, 3.63) is 65.2 Å². The second-order valence-corrected chi connectivity index (χ2v) is 6.00. The molecule has 0 saturated carbocycles. The van der Waals surface area contributed by atoms with Gasteiger partial charge in [0.15, 0.2) is 17.5 Å². The van der Waals surface area contributed by atoms with E-state index >= 15 is 0 Å². The summed E-state index contributed by atoms with van der Waals surface area (Å²) in [4.78, 5) is 4.35. The molecule has 0 amide bonds. The molecule has 27 heavy (non-hydrogen) atoms. The second kappa shape index (κ2) is 10.5. The van der Waals surface area contributed by atoms with Crippen molar-refractivity contribution >= 4 is 5.96 Å². The summed E-state index contributed by atoms with van der Waals surface area (Å²) < 4.78 is 31.7. The summed E-state index contributed by atoms with van der Waals surface area (Å²) in [6.45, 7) is 5.31. The average Bonchev–Trinajstić information content (AvgIpc) is 2.64. The van der Waals surface area contributed by atoms with Gasteiger partial charge in [-0.2, -0.15) is 0 Å². The fraction of sp³-hybridized carbons (Fsp3) is 0.350. The van der Waals surface area contributed by atoms with Crippen LogP contribution < -0.4 is 15.4 Å². The molecule has 3 N–H and O–H groups in total. The van der Waals surface area contributed by atoms with Crippen molar-refractivity contribution in [1.82, 2.24) is 10.6 Å². The quantitative estimate of drug-likeness (QED) is 0.376. The number of ether oxygens (including phenoxy) is 1. The summed E-state index contributed by atoms with van der Waals surface area (Å²) in [6.07, 6.45) is -0.703. The van der Waals surface area contributed by atoms with Crippen LogP contribution in [-0.2, 0) is 0 Å². The predicted octanol–water partition coefficient (Wildman–Crippen LogP) is 2.94. The Morgan fingerprint density at radius 2 is 1.89 bits per heavy atom. The monoisotopic (exact) mass is 377 g/mol. The molecule has 5 nitrogen and oxygen atoms in total. The summed E-state index contributed by atoms with van der Waals surface area (Å²) >= 11 is 0. The number of hydrogen-bond acceptors (Lipinski definition) is 3. The SMILES string of the molecule is CCNC(=NCC(O)c1ccc(C)cc1)NCCOc1ccc(F)cc1F. The number of aryl methyl sites for hydroxylation is 1. The van der Waals surface area contributed by atoms with Crippen molar-refractivity contribution in [1.29, 1.82) is 0 Å². The van der Waals surface area contributed by atoms with Gasteiger partial charge >= 0.3 is 0 Å². The van der Waals surface area contributed by atoms with Crippen LogP contribution in [0.4, 0.5) is 8.78 Å². The van der Waals surface area contributed by atoms with Crippen LogP contribution in [0.3, 0.4) is 0 Å². The van der Waals surface area contributed by atoms with E-state index in [9.17, 15) is 13.9 Å². The predicted molar refractivity (Wildman–Crippen MR) is 102 cm³/mol. The van der Waals surface area contributed by atoms with Crippen LogP contribution in [0.25, 0.3) is 0 Å². The maximum atomic E-state index is 13.5. The number of aliphatic hydroxyl groups is 1. The first-order valence-corrected chi connectivity index (χ1v) is 8.84. The first-order chi connectivity index (χ1) is 13.0. The highest BCUT2D eigenvalue weighted by Crippen LogP contribution is 2.17. The number of halogens is 2. The highest BCUT2D eigenvalue weighted by molar-refractivity contribution is 5.79. The Labute approximate surface area is 158 Å². The Hall–Kier alpha value is -2.67. The minimum absolute atomic E-state index is 0.00469. The Balaban J connectivity index is 1.83. The average molecular weight is 377 g/mol. The smallest absolute Gasteiger partial charge is 0.191 e. The zero-order valence-corrected chi connectivity index (χ0v) is 15.5. The van der Waals surface area contributed by atoms with Gasteiger partial charge in [-0.25, -0.2) is 8.78 Å². The normalized spacial score (nSPS) is 12.6. The van der Waals surface area contributed by atoms with Crippen LogP contribution in [0.2, 0.25) is 0 Å². The Bertz CT molecular complexity index is 751. The van der Waals surface area contributed by atoms with E-state index in [4.69, 9.17) is 4.74 Å². The molecule has 146 valence electrons. The molecule has 0 spiro atoms. The molecule has 1 unspecified atom stereocenters. The van der Waals surface area contributed by atoms with Gasteiger partial charge in [-0.05, 0) is 31.5 Å². The maximum Gasteiger partial charge on any atom is 0.191 e. The minimum Gasteiger partial charge on any atom is -0.489 e. The van der Waals surface area contributed by atoms with Crippen molar-refractivity contribution in [3.63, 3.8) is 0 Å². The standard InChI is InChI=1S/C20H25F2N3O2/c1-3-23-20(25-13-18(26)15-6-4-14(2)5-7-15)24-10-11-27-19-9-8-16(21)12-17(19)22/h4-9,12,18,26H,3,10-11,13H2,1-2H3,(H2,23,24,25). The van der Waals surface area contributed by atoms with E-state index in [0.29, 0.717) is 19.0 Å². The molecule has 0 heterocycles. The molecule has 1 atom stereocenters. The number of nitrogens with one attached hydrogen (secondary N) is 2. The van der Waals surface area contributed by atoms with Crippen molar-refractivity contribution in [2.24, 2.45) is 4.99 Å². The summed E-state index contributed by atoms with van der Waals surface area (Å²) in [5.74, 6) is -0.870. The topological polar surface area (TPSA) is 65.9 Å². The molecular formula is C20H25F2N3O2. The molecule has 0 saturated heterocycles. The lowest BCUT2D eigenvalue weighted by Gasteiger charge is -2.14. The molecule has 0 aromatic heterocycles. The van der Waals surface area contributed by atoms with Gasteiger partial charge in [-0.15, -0.1) is 0 Å². The molecule has 0 radical (unpaired) electrons. The maximum absolute atomic E-state index is 13.5. The zero-order chi connectivity index (χ0) is 19.6. The molecule has 0 aliphatic rings. The van der Waals surface area contributed by atoms with E-state index in [1.807, 2.05) is 38.1 Å².